The van der Waals surface area contributed by atoms with Crippen molar-refractivity contribution in [2.75, 3.05) is 11.4 Å². The second-order valence-electron chi connectivity index (χ2n) is 7.32. The van der Waals surface area contributed by atoms with Gasteiger partial charge in [-0.3, -0.25) is 19.9 Å². The fraction of sp³-hybridized carbons (Fsp3) is 0.455. The average molecular weight is 381 g/mol. The lowest BCUT2D eigenvalue weighted by molar-refractivity contribution is -0.131. The number of imide groups is 2. The van der Waals surface area contributed by atoms with Crippen LogP contribution in [0.1, 0.15) is 51.0 Å². The molecule has 1 saturated heterocycles. The van der Waals surface area contributed by atoms with Crippen molar-refractivity contribution in [3.8, 4) is 0 Å². The lowest BCUT2D eigenvalue weighted by Crippen LogP contribution is -2.60. The van der Waals surface area contributed by atoms with Gasteiger partial charge in [-0.15, -0.1) is 0 Å². The summed E-state index contributed by atoms with van der Waals surface area (Å²) in [6.45, 7) is 4.37. The topological polar surface area (TPSA) is 78.8 Å². The molecule has 1 heterocycles. The van der Waals surface area contributed by atoms with Crippen LogP contribution in [0.15, 0.2) is 40.9 Å². The molecular weight excluding hydrogens is 354 g/mol. The summed E-state index contributed by atoms with van der Waals surface area (Å²) < 4.78 is 0. The minimum absolute atomic E-state index is 0.452. The van der Waals surface area contributed by atoms with Crippen LogP contribution in [0.25, 0.3) is 0 Å². The number of allylic oxidation sites excluding steroid dienone is 1. The number of amides is 4. The third kappa shape index (κ3) is 4.38. The molecule has 28 heavy (non-hydrogen) atoms. The number of nitrogens with zero attached hydrogens (tertiary/aromatic N) is 2. The van der Waals surface area contributed by atoms with Gasteiger partial charge in [-0.1, -0.05) is 36.3 Å². The van der Waals surface area contributed by atoms with E-state index in [9.17, 15) is 14.4 Å². The lowest BCUT2D eigenvalue weighted by atomic mass is 9.95. The van der Waals surface area contributed by atoms with Crippen molar-refractivity contribution in [2.24, 2.45) is 10.9 Å². The summed E-state index contributed by atoms with van der Waals surface area (Å²) >= 11 is 0. The third-order valence-corrected chi connectivity index (χ3v) is 5.28. The zero-order valence-corrected chi connectivity index (χ0v) is 16.5. The summed E-state index contributed by atoms with van der Waals surface area (Å²) in [5.74, 6) is -2.17. The van der Waals surface area contributed by atoms with Crippen molar-refractivity contribution >= 4 is 29.2 Å². The Kier molecular flexibility index (Phi) is 6.39. The number of hydrogen-bond acceptors (Lipinski definition) is 4. The van der Waals surface area contributed by atoms with E-state index in [2.05, 4.69) is 16.4 Å². The highest BCUT2D eigenvalue weighted by Crippen LogP contribution is 2.24. The average Bonchev–Trinajstić information content (AvgIpc) is 2.68. The molecule has 1 aromatic rings. The molecule has 1 aromatic carbocycles. The first kappa shape index (κ1) is 20.0. The van der Waals surface area contributed by atoms with Crippen LogP contribution in [0.5, 0.6) is 0 Å². The van der Waals surface area contributed by atoms with Crippen LogP contribution in [0.2, 0.25) is 0 Å². The highest BCUT2D eigenvalue weighted by molar-refractivity contribution is 6.35. The summed E-state index contributed by atoms with van der Waals surface area (Å²) in [5, 5.41) is 2.31. The standard InChI is InChI=1S/C22H27N3O3/c1-3-18(23-14-13-16-7-5-4-6-8-16)19-20(26)24-22(28)25(21(19)27)17-11-9-15(2)10-12-17/h7,9-12,19H,3-6,8,13-14H2,1-2H3,(H,24,26,28). The zero-order chi connectivity index (χ0) is 20.1. The lowest BCUT2D eigenvalue weighted by Gasteiger charge is -2.30. The predicted molar refractivity (Wildman–Crippen MR) is 109 cm³/mol. The summed E-state index contributed by atoms with van der Waals surface area (Å²) in [6.07, 6.45) is 8.30. The van der Waals surface area contributed by atoms with E-state index in [0.29, 0.717) is 24.4 Å². The Morgan fingerprint density at radius 3 is 2.57 bits per heavy atom. The molecule has 6 heteroatoms. The van der Waals surface area contributed by atoms with E-state index in [1.165, 1.54) is 18.4 Å². The first-order valence-electron chi connectivity index (χ1n) is 9.98. The van der Waals surface area contributed by atoms with E-state index in [0.717, 1.165) is 29.7 Å². The van der Waals surface area contributed by atoms with Gasteiger partial charge in [0.15, 0.2) is 5.92 Å². The molecule has 6 nitrogen and oxygen atoms in total. The van der Waals surface area contributed by atoms with Crippen molar-refractivity contribution in [1.82, 2.24) is 5.32 Å². The van der Waals surface area contributed by atoms with Gasteiger partial charge in [-0.25, -0.2) is 9.69 Å². The molecule has 2 aliphatic rings. The first-order valence-corrected chi connectivity index (χ1v) is 9.98. The minimum atomic E-state index is -1.05. The van der Waals surface area contributed by atoms with Crippen LogP contribution in [-0.2, 0) is 9.59 Å². The number of anilines is 1. The van der Waals surface area contributed by atoms with Gasteiger partial charge in [0, 0.05) is 12.3 Å². The number of carbonyl (C=O) groups is 3. The molecule has 1 unspecified atom stereocenters. The zero-order valence-electron chi connectivity index (χ0n) is 16.5. The molecule has 1 fully saturated rings. The summed E-state index contributed by atoms with van der Waals surface area (Å²) in [4.78, 5) is 43.4. The normalized spacial score (nSPS) is 20.9. The van der Waals surface area contributed by atoms with E-state index in [-0.39, 0.29) is 0 Å². The Hall–Kier alpha value is -2.76. The van der Waals surface area contributed by atoms with E-state index >= 15 is 0 Å². The molecule has 0 saturated carbocycles. The number of nitrogens with one attached hydrogen (secondary N) is 1. The van der Waals surface area contributed by atoms with Crippen LogP contribution in [-0.4, -0.2) is 30.1 Å². The number of benzene rings is 1. The van der Waals surface area contributed by atoms with Crippen LogP contribution in [0.3, 0.4) is 0 Å². The molecule has 1 aliphatic heterocycles. The number of hydrogen-bond donors (Lipinski definition) is 1. The van der Waals surface area contributed by atoms with Crippen molar-refractivity contribution in [2.45, 2.75) is 52.4 Å². The Bertz CT molecular complexity index is 824. The van der Waals surface area contributed by atoms with Crippen molar-refractivity contribution in [1.29, 1.82) is 0 Å². The third-order valence-electron chi connectivity index (χ3n) is 5.28. The quantitative estimate of drug-likeness (QED) is 0.461. The molecule has 3 rings (SSSR count). The fourth-order valence-corrected chi connectivity index (χ4v) is 3.69. The highest BCUT2D eigenvalue weighted by atomic mass is 16.2. The van der Waals surface area contributed by atoms with Gasteiger partial charge in [0.2, 0.25) is 5.91 Å². The van der Waals surface area contributed by atoms with Gasteiger partial charge in [-0.2, -0.15) is 0 Å². The smallest absolute Gasteiger partial charge is 0.292 e. The first-order chi connectivity index (χ1) is 13.5. The maximum absolute atomic E-state index is 13.0. The molecule has 0 bridgehead atoms. The second-order valence-corrected chi connectivity index (χ2v) is 7.32. The summed E-state index contributed by atoms with van der Waals surface area (Å²) in [7, 11) is 0. The van der Waals surface area contributed by atoms with Crippen molar-refractivity contribution in [3.63, 3.8) is 0 Å². The summed E-state index contributed by atoms with van der Waals surface area (Å²) in [6, 6.07) is 6.36. The van der Waals surface area contributed by atoms with Gasteiger partial charge in [0.05, 0.1) is 5.69 Å². The van der Waals surface area contributed by atoms with Gasteiger partial charge in [-0.05, 0) is 57.6 Å². The van der Waals surface area contributed by atoms with E-state index < -0.39 is 23.8 Å². The number of urea groups is 1. The Balaban J connectivity index is 1.79. The molecule has 1 N–H and O–H groups in total. The van der Waals surface area contributed by atoms with Crippen LogP contribution < -0.4 is 10.2 Å². The predicted octanol–water partition coefficient (Wildman–Crippen LogP) is 3.94. The molecule has 1 atom stereocenters. The van der Waals surface area contributed by atoms with Crippen molar-refractivity contribution in [3.05, 3.63) is 41.5 Å². The Labute approximate surface area is 165 Å². The van der Waals surface area contributed by atoms with Crippen LogP contribution in [0, 0.1) is 12.8 Å². The largest absolute Gasteiger partial charge is 0.335 e. The van der Waals surface area contributed by atoms with E-state index in [1.54, 1.807) is 12.1 Å². The molecule has 4 amide bonds. The maximum Gasteiger partial charge on any atom is 0.335 e. The highest BCUT2D eigenvalue weighted by Gasteiger charge is 2.43. The number of aryl methyl sites for hydroxylation is 1. The van der Waals surface area contributed by atoms with Crippen LogP contribution in [0.4, 0.5) is 10.5 Å². The van der Waals surface area contributed by atoms with Gasteiger partial charge in [0.1, 0.15) is 0 Å². The molecule has 0 spiro atoms. The molecule has 148 valence electrons. The molecular formula is C22H27N3O3. The summed E-state index contributed by atoms with van der Waals surface area (Å²) in [5.41, 5.74) is 3.41. The SMILES string of the molecule is CCC(=NCCC1=CCCCC1)C1C(=O)NC(=O)N(c2ccc(C)cc2)C1=O. The number of aliphatic imine (C=N–C) groups is 1. The molecule has 1 aliphatic carbocycles. The number of carbonyl (C=O) groups excluding carboxylic acids is 3. The Morgan fingerprint density at radius 1 is 1.18 bits per heavy atom. The monoisotopic (exact) mass is 381 g/mol. The number of rotatable bonds is 6. The maximum atomic E-state index is 13.0. The molecule has 0 radical (unpaired) electrons. The van der Waals surface area contributed by atoms with E-state index in [1.807, 2.05) is 26.0 Å². The molecule has 0 aromatic heterocycles. The second kappa shape index (κ2) is 8.95. The van der Waals surface area contributed by atoms with Crippen molar-refractivity contribution < 1.29 is 14.4 Å². The van der Waals surface area contributed by atoms with Gasteiger partial charge < -0.3 is 0 Å². The van der Waals surface area contributed by atoms with Gasteiger partial charge >= 0.3 is 6.03 Å². The van der Waals surface area contributed by atoms with Crippen LogP contribution >= 0.6 is 0 Å². The Morgan fingerprint density at radius 2 is 1.93 bits per heavy atom. The minimum Gasteiger partial charge on any atom is -0.292 e. The van der Waals surface area contributed by atoms with Gasteiger partial charge in [0.25, 0.3) is 5.91 Å². The fourth-order valence-electron chi connectivity index (χ4n) is 3.69. The van der Waals surface area contributed by atoms with E-state index in [4.69, 9.17) is 0 Å². The number of barbiturate groups is 1.